The van der Waals surface area contributed by atoms with Gasteiger partial charge < -0.3 is 9.64 Å². The van der Waals surface area contributed by atoms with E-state index in [1.807, 2.05) is 14.1 Å². The van der Waals surface area contributed by atoms with Crippen molar-refractivity contribution in [3.8, 4) is 0 Å². The van der Waals surface area contributed by atoms with Crippen molar-refractivity contribution in [1.29, 1.82) is 0 Å². The summed E-state index contributed by atoms with van der Waals surface area (Å²) in [7, 11) is -0.476. The summed E-state index contributed by atoms with van der Waals surface area (Å²) in [5.74, 6) is 1.12. The molecular formula is C21H30ClFN5O6PS. The van der Waals surface area contributed by atoms with Gasteiger partial charge in [-0.2, -0.15) is 0 Å². The molecule has 0 saturated carbocycles. The Morgan fingerprint density at radius 3 is 2.78 bits per heavy atom. The highest BCUT2D eigenvalue weighted by molar-refractivity contribution is 8.13. The molecule has 0 N–H and O–H groups in total. The Morgan fingerprint density at radius 2 is 2.14 bits per heavy atom. The standard InChI is InChI=1S/C21H30ClFN5O6PS/c1-12-25-16(27(5)6)14-17(26-12)28(11-24-14)18-13(23)15-21(9-22,33-18)10-32-35(30,34-15)31-7-8-36-19(29)20(2,3)4/h11,13,15,18H,7-10H2,1-6H3/t13-,15+,18-,21-,35?/m1/s1. The summed E-state index contributed by atoms with van der Waals surface area (Å²) in [6, 6.07) is 0. The number of aromatic nitrogens is 4. The number of ether oxygens (including phenoxy) is 1. The zero-order chi connectivity index (χ0) is 26.5. The fourth-order valence-corrected chi connectivity index (χ4v) is 6.55. The number of imidazole rings is 1. The van der Waals surface area contributed by atoms with Gasteiger partial charge in [0.25, 0.3) is 0 Å². The molecule has 0 spiro atoms. The van der Waals surface area contributed by atoms with E-state index in [9.17, 15) is 9.36 Å². The molecule has 0 aromatic carbocycles. The van der Waals surface area contributed by atoms with Crippen LogP contribution in [0.3, 0.4) is 0 Å². The SMILES string of the molecule is Cc1nc(N(C)C)c2ncn([C@@H]3O[C@]4(CCl)COP(=O)(OCCSC(=O)C(C)(C)C)O[C@H]4[C@H]3F)c2n1. The first-order valence-corrected chi connectivity index (χ1v) is 14.3. The molecule has 2 aliphatic rings. The molecule has 5 atom stereocenters. The minimum absolute atomic E-state index is 0.0316. The second-order valence-corrected chi connectivity index (χ2v) is 12.9. The van der Waals surface area contributed by atoms with Gasteiger partial charge in [-0.3, -0.25) is 22.9 Å². The molecule has 36 heavy (non-hydrogen) atoms. The second-order valence-electron chi connectivity index (χ2n) is 9.93. The van der Waals surface area contributed by atoms with E-state index < -0.39 is 37.3 Å². The topological polar surface area (TPSA) is 118 Å². The molecule has 2 saturated heterocycles. The van der Waals surface area contributed by atoms with Crippen molar-refractivity contribution in [2.24, 2.45) is 5.41 Å². The lowest BCUT2D eigenvalue weighted by atomic mass is 9.99. The van der Waals surface area contributed by atoms with E-state index in [0.29, 0.717) is 22.8 Å². The lowest BCUT2D eigenvalue weighted by molar-refractivity contribution is -0.133. The van der Waals surface area contributed by atoms with Gasteiger partial charge in [-0.15, -0.1) is 11.6 Å². The fourth-order valence-electron chi connectivity index (χ4n) is 3.87. The molecule has 15 heteroatoms. The average Bonchev–Trinajstić information content (AvgIpc) is 3.34. The molecule has 11 nitrogen and oxygen atoms in total. The third kappa shape index (κ3) is 5.16. The Labute approximate surface area is 218 Å². The number of carbonyl (C=O) groups excluding carboxylic acids is 1. The average molecular weight is 566 g/mol. The van der Waals surface area contributed by atoms with Crippen molar-refractivity contribution in [3.05, 3.63) is 12.2 Å². The highest BCUT2D eigenvalue weighted by Gasteiger charge is 2.63. The van der Waals surface area contributed by atoms with Gasteiger partial charge in [0, 0.05) is 25.3 Å². The Hall–Kier alpha value is -1.34. The number of thioether (sulfide) groups is 1. The number of phosphoric ester groups is 1. The van der Waals surface area contributed by atoms with Crippen LogP contribution < -0.4 is 4.90 Å². The van der Waals surface area contributed by atoms with Crippen LogP contribution in [0.15, 0.2) is 6.33 Å². The number of hydrogen-bond donors (Lipinski definition) is 0. The number of anilines is 1. The maximum absolute atomic E-state index is 15.9. The summed E-state index contributed by atoms with van der Waals surface area (Å²) >= 11 is 7.25. The Kier molecular flexibility index (Phi) is 7.76. The van der Waals surface area contributed by atoms with Gasteiger partial charge in [0.1, 0.15) is 17.5 Å². The van der Waals surface area contributed by atoms with Gasteiger partial charge in [0.2, 0.25) is 0 Å². The predicted octanol–water partition coefficient (Wildman–Crippen LogP) is 3.89. The fraction of sp³-hybridized carbons (Fsp3) is 0.714. The van der Waals surface area contributed by atoms with E-state index in [1.165, 1.54) is 10.9 Å². The molecule has 0 radical (unpaired) electrons. The van der Waals surface area contributed by atoms with Gasteiger partial charge in [-0.25, -0.2) is 23.9 Å². The molecule has 2 aromatic heterocycles. The summed E-state index contributed by atoms with van der Waals surface area (Å²) in [5, 5.41) is -0.0316. The maximum Gasteiger partial charge on any atom is 0.475 e. The highest BCUT2D eigenvalue weighted by Crippen LogP contribution is 2.60. The molecule has 0 amide bonds. The normalized spacial score (nSPS) is 30.5. The lowest BCUT2D eigenvalue weighted by Gasteiger charge is -2.38. The molecule has 2 fully saturated rings. The third-order valence-electron chi connectivity index (χ3n) is 5.76. The van der Waals surface area contributed by atoms with Crippen molar-refractivity contribution in [1.82, 2.24) is 19.5 Å². The number of phosphoric acid groups is 1. The number of aryl methyl sites for hydroxylation is 1. The smallest absolute Gasteiger partial charge is 0.361 e. The first kappa shape index (κ1) is 27.7. The lowest BCUT2D eigenvalue weighted by Crippen LogP contribution is -2.51. The molecule has 2 aromatic rings. The van der Waals surface area contributed by atoms with Crippen molar-refractivity contribution in [3.63, 3.8) is 0 Å². The van der Waals surface area contributed by atoms with Crippen LogP contribution in [0.1, 0.15) is 32.8 Å². The van der Waals surface area contributed by atoms with Gasteiger partial charge in [-0.05, 0) is 6.92 Å². The number of alkyl halides is 2. The van der Waals surface area contributed by atoms with E-state index in [-0.39, 0.29) is 30.0 Å². The quantitative estimate of drug-likeness (QED) is 0.276. The Bertz CT molecular complexity index is 1200. The van der Waals surface area contributed by atoms with Crippen molar-refractivity contribution in [2.75, 3.05) is 43.8 Å². The zero-order valence-corrected chi connectivity index (χ0v) is 23.4. The molecule has 0 bridgehead atoms. The molecule has 2 aliphatic heterocycles. The molecular weight excluding hydrogens is 536 g/mol. The van der Waals surface area contributed by atoms with Crippen LogP contribution in [0, 0.1) is 12.3 Å². The summed E-state index contributed by atoms with van der Waals surface area (Å²) < 4.78 is 52.8. The number of carbonyl (C=O) groups is 1. The largest absolute Gasteiger partial charge is 0.475 e. The molecule has 200 valence electrons. The van der Waals surface area contributed by atoms with Gasteiger partial charge in [0.05, 0.1) is 25.4 Å². The second kappa shape index (κ2) is 10.1. The van der Waals surface area contributed by atoms with E-state index in [1.54, 1.807) is 32.6 Å². The van der Waals surface area contributed by atoms with Crippen LogP contribution in [0.4, 0.5) is 10.2 Å². The van der Waals surface area contributed by atoms with E-state index >= 15 is 4.39 Å². The van der Waals surface area contributed by atoms with Crippen LogP contribution in [0.25, 0.3) is 11.2 Å². The Morgan fingerprint density at radius 1 is 1.42 bits per heavy atom. The summed E-state index contributed by atoms with van der Waals surface area (Å²) in [4.78, 5) is 27.1. The summed E-state index contributed by atoms with van der Waals surface area (Å²) in [6.07, 6.45) is -2.89. The Balaban J connectivity index is 1.52. The van der Waals surface area contributed by atoms with Crippen LogP contribution in [-0.4, -0.2) is 81.5 Å². The number of hydrogen-bond acceptors (Lipinski definition) is 11. The minimum atomic E-state index is -4.12. The molecule has 0 aliphatic carbocycles. The predicted molar refractivity (Wildman–Crippen MR) is 134 cm³/mol. The first-order chi connectivity index (χ1) is 16.8. The number of nitrogens with zero attached hydrogens (tertiary/aromatic N) is 5. The van der Waals surface area contributed by atoms with Crippen molar-refractivity contribution in [2.45, 2.75) is 51.8 Å². The zero-order valence-electron chi connectivity index (χ0n) is 20.9. The van der Waals surface area contributed by atoms with Gasteiger partial charge in [-0.1, -0.05) is 32.5 Å². The van der Waals surface area contributed by atoms with E-state index in [0.717, 1.165) is 11.8 Å². The summed E-state index contributed by atoms with van der Waals surface area (Å²) in [6.45, 7) is 6.76. The first-order valence-electron chi connectivity index (χ1n) is 11.3. The number of halogens is 2. The maximum atomic E-state index is 15.9. The number of rotatable bonds is 7. The van der Waals surface area contributed by atoms with Crippen LogP contribution in [0.5, 0.6) is 0 Å². The molecule has 4 rings (SSSR count). The van der Waals surface area contributed by atoms with Crippen LogP contribution in [-0.2, 0) is 27.7 Å². The third-order valence-corrected chi connectivity index (χ3v) is 8.89. The number of fused-ring (bicyclic) bond motifs is 2. The van der Waals surface area contributed by atoms with Crippen LogP contribution in [0.2, 0.25) is 0 Å². The van der Waals surface area contributed by atoms with E-state index in [2.05, 4.69) is 15.0 Å². The molecule has 4 heterocycles. The van der Waals surface area contributed by atoms with Crippen molar-refractivity contribution < 1.29 is 32.1 Å². The van der Waals surface area contributed by atoms with Gasteiger partial charge in [0.15, 0.2) is 34.5 Å². The summed E-state index contributed by atoms with van der Waals surface area (Å²) in [5.41, 5.74) is -1.06. The highest BCUT2D eigenvalue weighted by atomic mass is 35.5. The minimum Gasteiger partial charge on any atom is -0.361 e. The van der Waals surface area contributed by atoms with Crippen molar-refractivity contribution >= 4 is 53.3 Å². The monoisotopic (exact) mass is 565 g/mol. The molecule has 1 unspecified atom stereocenters. The van der Waals surface area contributed by atoms with E-state index in [4.69, 9.17) is 29.9 Å². The van der Waals surface area contributed by atoms with Gasteiger partial charge >= 0.3 is 7.82 Å². The van der Waals surface area contributed by atoms with Crippen LogP contribution >= 0.6 is 31.2 Å².